The standard InChI is InChI=1S/C11H15N3O5S2/c1-20-21(16,17)19-14-18-6-2-3-8-4-5-9-10(7-8)13-11(15)12-9/h4-5,7,14H,2-3,6H2,1H3,(H2,12,13,15). The van der Waals surface area contributed by atoms with Gasteiger partial charge in [0.15, 0.2) is 0 Å². The highest BCUT2D eigenvalue weighted by atomic mass is 33.1. The second-order valence-corrected chi connectivity index (χ2v) is 7.69. The molecule has 8 nitrogen and oxygen atoms in total. The Balaban J connectivity index is 1.74. The number of nitrogens with one attached hydrogen (secondary N) is 3. The van der Waals surface area contributed by atoms with E-state index in [0.29, 0.717) is 17.2 Å². The number of aromatic amines is 2. The average molecular weight is 333 g/mol. The molecule has 0 bridgehead atoms. The lowest BCUT2D eigenvalue weighted by atomic mass is 10.1. The van der Waals surface area contributed by atoms with Gasteiger partial charge in [-0.25, -0.2) is 4.79 Å². The van der Waals surface area contributed by atoms with Crippen molar-refractivity contribution in [1.82, 2.24) is 15.6 Å². The van der Waals surface area contributed by atoms with E-state index in [1.807, 2.05) is 23.8 Å². The summed E-state index contributed by atoms with van der Waals surface area (Å²) in [6.07, 6.45) is 2.77. The molecule has 0 spiro atoms. The van der Waals surface area contributed by atoms with Crippen molar-refractivity contribution in [3.63, 3.8) is 0 Å². The predicted octanol–water partition coefficient (Wildman–Crippen LogP) is 0.849. The van der Waals surface area contributed by atoms with E-state index in [0.717, 1.165) is 23.0 Å². The minimum atomic E-state index is -3.64. The normalized spacial score (nSPS) is 12.0. The average Bonchev–Trinajstić information content (AvgIpc) is 2.82. The van der Waals surface area contributed by atoms with Crippen LogP contribution in [0.4, 0.5) is 0 Å². The summed E-state index contributed by atoms with van der Waals surface area (Å²) in [5.41, 5.74) is 4.26. The molecular formula is C11H15N3O5S2. The number of fused-ring (bicyclic) bond motifs is 1. The first-order valence-corrected chi connectivity index (χ1v) is 9.22. The van der Waals surface area contributed by atoms with Gasteiger partial charge in [-0.2, -0.15) is 8.42 Å². The van der Waals surface area contributed by atoms with Gasteiger partial charge in [0.05, 0.1) is 17.6 Å². The third kappa shape index (κ3) is 4.86. The van der Waals surface area contributed by atoms with Crippen LogP contribution in [0.3, 0.4) is 0 Å². The Bertz CT molecular complexity index is 753. The van der Waals surface area contributed by atoms with Gasteiger partial charge in [0, 0.05) is 0 Å². The van der Waals surface area contributed by atoms with Crippen LogP contribution in [-0.2, 0) is 24.7 Å². The maximum atomic E-state index is 11.1. The molecule has 0 fully saturated rings. The summed E-state index contributed by atoms with van der Waals surface area (Å²) >= 11 is 0. The van der Waals surface area contributed by atoms with Crippen molar-refractivity contribution in [3.8, 4) is 0 Å². The van der Waals surface area contributed by atoms with E-state index < -0.39 is 9.15 Å². The monoisotopic (exact) mass is 333 g/mol. The van der Waals surface area contributed by atoms with Crippen LogP contribution in [-0.4, -0.2) is 31.2 Å². The predicted molar refractivity (Wildman–Crippen MR) is 79.8 cm³/mol. The Morgan fingerprint density at radius 1 is 1.29 bits per heavy atom. The fourth-order valence-electron chi connectivity index (χ4n) is 1.73. The summed E-state index contributed by atoms with van der Waals surface area (Å²) in [5.74, 6) is 0. The zero-order valence-corrected chi connectivity index (χ0v) is 12.8. The maximum absolute atomic E-state index is 11.1. The molecule has 116 valence electrons. The number of hydrogen-bond donors (Lipinski definition) is 3. The van der Waals surface area contributed by atoms with Gasteiger partial charge in [-0.3, -0.25) is 4.84 Å². The van der Waals surface area contributed by atoms with Crippen LogP contribution in [0.15, 0.2) is 23.0 Å². The third-order valence-corrected chi connectivity index (χ3v) is 4.80. The van der Waals surface area contributed by atoms with E-state index in [2.05, 4.69) is 14.3 Å². The molecule has 1 heterocycles. The van der Waals surface area contributed by atoms with E-state index in [1.54, 1.807) is 0 Å². The van der Waals surface area contributed by atoms with Gasteiger partial charge in [0.25, 0.3) is 0 Å². The van der Waals surface area contributed by atoms with Crippen molar-refractivity contribution in [2.45, 2.75) is 12.8 Å². The van der Waals surface area contributed by atoms with Crippen molar-refractivity contribution in [2.24, 2.45) is 0 Å². The summed E-state index contributed by atoms with van der Waals surface area (Å²) in [4.78, 5) is 21.3. The number of hydrogen-bond acceptors (Lipinski definition) is 7. The van der Waals surface area contributed by atoms with Crippen LogP contribution in [0.1, 0.15) is 12.0 Å². The minimum Gasteiger partial charge on any atom is -0.306 e. The van der Waals surface area contributed by atoms with Gasteiger partial charge >= 0.3 is 14.8 Å². The highest BCUT2D eigenvalue weighted by Crippen LogP contribution is 2.12. The molecule has 2 rings (SSSR count). The van der Waals surface area contributed by atoms with E-state index >= 15 is 0 Å². The molecule has 21 heavy (non-hydrogen) atoms. The lowest BCUT2D eigenvalue weighted by Crippen LogP contribution is -2.19. The molecular weight excluding hydrogens is 318 g/mol. The van der Waals surface area contributed by atoms with Gasteiger partial charge in [-0.1, -0.05) is 11.7 Å². The smallest absolute Gasteiger partial charge is 0.306 e. The first kappa shape index (κ1) is 16.0. The van der Waals surface area contributed by atoms with Crippen molar-refractivity contribution in [1.29, 1.82) is 0 Å². The molecule has 1 aromatic carbocycles. The number of imidazole rings is 1. The summed E-state index contributed by atoms with van der Waals surface area (Å²) in [5, 5.41) is 0. The van der Waals surface area contributed by atoms with Gasteiger partial charge in [0.1, 0.15) is 0 Å². The molecule has 0 saturated heterocycles. The summed E-state index contributed by atoms with van der Waals surface area (Å²) in [6.45, 7) is 0.283. The van der Waals surface area contributed by atoms with Gasteiger partial charge < -0.3 is 9.97 Å². The molecule has 0 unspecified atom stereocenters. The topological polar surface area (TPSA) is 113 Å². The second kappa shape index (κ2) is 7.09. The molecule has 0 saturated carbocycles. The molecule has 2 aromatic rings. The molecule has 0 amide bonds. The van der Waals surface area contributed by atoms with E-state index in [4.69, 9.17) is 4.84 Å². The molecule has 0 atom stereocenters. The summed E-state index contributed by atoms with van der Waals surface area (Å²) in [7, 11) is -3.07. The van der Waals surface area contributed by atoms with Crippen molar-refractivity contribution < 1.29 is 17.5 Å². The van der Waals surface area contributed by atoms with Crippen LogP contribution in [0.2, 0.25) is 0 Å². The zero-order valence-electron chi connectivity index (χ0n) is 11.2. The van der Waals surface area contributed by atoms with Crippen LogP contribution < -0.4 is 11.3 Å². The number of benzene rings is 1. The minimum absolute atomic E-state index is 0.234. The van der Waals surface area contributed by atoms with E-state index in [1.165, 1.54) is 6.26 Å². The van der Waals surface area contributed by atoms with Crippen LogP contribution >= 0.6 is 10.8 Å². The van der Waals surface area contributed by atoms with Crippen LogP contribution in [0.25, 0.3) is 11.0 Å². The maximum Gasteiger partial charge on any atom is 0.339 e. The molecule has 0 aliphatic carbocycles. The molecule has 0 radical (unpaired) electrons. The Kier molecular flexibility index (Phi) is 5.42. The quantitative estimate of drug-likeness (QED) is 0.373. The number of rotatable bonds is 8. The second-order valence-electron chi connectivity index (χ2n) is 4.15. The lowest BCUT2D eigenvalue weighted by Gasteiger charge is -2.05. The van der Waals surface area contributed by atoms with Gasteiger partial charge in [0.2, 0.25) is 0 Å². The molecule has 10 heteroatoms. The zero-order chi connectivity index (χ0) is 15.3. The van der Waals surface area contributed by atoms with Gasteiger partial charge in [-0.05, 0) is 47.6 Å². The van der Waals surface area contributed by atoms with Crippen LogP contribution in [0.5, 0.6) is 0 Å². The Morgan fingerprint density at radius 2 is 2.05 bits per heavy atom. The fourth-order valence-corrected chi connectivity index (χ4v) is 2.21. The number of H-pyrrole nitrogens is 2. The molecule has 0 aliphatic rings. The summed E-state index contributed by atoms with van der Waals surface area (Å²) < 4.78 is 26.2. The number of aromatic nitrogens is 2. The molecule has 0 aliphatic heterocycles. The van der Waals surface area contributed by atoms with Crippen LogP contribution in [0, 0.1) is 0 Å². The van der Waals surface area contributed by atoms with Gasteiger partial charge in [-0.15, -0.1) is 4.28 Å². The third-order valence-electron chi connectivity index (χ3n) is 2.69. The van der Waals surface area contributed by atoms with E-state index in [9.17, 15) is 13.2 Å². The number of aryl methyl sites for hydroxylation is 1. The molecule has 3 N–H and O–H groups in total. The molecule has 1 aromatic heterocycles. The Labute approximate surface area is 124 Å². The first-order chi connectivity index (χ1) is 10.00. The largest absolute Gasteiger partial charge is 0.339 e. The highest BCUT2D eigenvalue weighted by molar-refractivity contribution is 8.70. The highest BCUT2D eigenvalue weighted by Gasteiger charge is 2.07. The SMILES string of the molecule is CSS(=O)(=O)ONOCCCc1ccc2[nH]c(=O)[nH]c2c1. The fraction of sp³-hybridized carbons (Fsp3) is 0.364. The Hall–Kier alpha value is -1.33. The van der Waals surface area contributed by atoms with Crippen molar-refractivity contribution >= 4 is 31.0 Å². The first-order valence-electron chi connectivity index (χ1n) is 6.07. The lowest BCUT2D eigenvalue weighted by molar-refractivity contribution is -0.101. The van der Waals surface area contributed by atoms with Crippen molar-refractivity contribution in [2.75, 3.05) is 12.9 Å². The Morgan fingerprint density at radius 3 is 2.81 bits per heavy atom. The van der Waals surface area contributed by atoms with E-state index in [-0.39, 0.29) is 12.3 Å². The summed E-state index contributed by atoms with van der Waals surface area (Å²) in [6, 6.07) is 5.62. The van der Waals surface area contributed by atoms with Crippen molar-refractivity contribution in [3.05, 3.63) is 34.2 Å².